The summed E-state index contributed by atoms with van der Waals surface area (Å²) in [4.78, 5) is 65.3. The number of carboxylic acids is 2. The molecule has 14 nitrogen and oxygen atoms in total. The Balaban J connectivity index is 3.14. The standard InChI is InChI=1S/C24H37N7O7S/c1-39-11-9-17(23(37)38)30-22(36)18(12-14-6-3-2-4-7-14)31-21(35)16(8-5-10-28-24(26)27)29-20(34)15(25)13-19(32)33/h2-4,6-7,15-18H,5,8-13,25H2,1H3,(H,29,34)(H,30,36)(H,31,35)(H,32,33)(H,37,38)(H4,26,27,28). The molecule has 0 saturated carbocycles. The normalized spacial score (nSPS) is 13.7. The van der Waals surface area contributed by atoms with Crippen LogP contribution in [-0.2, 0) is 30.4 Å². The summed E-state index contributed by atoms with van der Waals surface area (Å²) in [5.41, 5.74) is 17.0. The van der Waals surface area contributed by atoms with Crippen molar-refractivity contribution in [1.29, 1.82) is 0 Å². The van der Waals surface area contributed by atoms with Gasteiger partial charge in [-0.25, -0.2) is 4.79 Å². The lowest BCUT2D eigenvalue weighted by Crippen LogP contribution is -2.57. The first-order valence-electron chi connectivity index (χ1n) is 12.1. The largest absolute Gasteiger partial charge is 0.481 e. The number of hydrogen-bond acceptors (Lipinski definition) is 8. The van der Waals surface area contributed by atoms with Crippen LogP contribution in [0, 0.1) is 0 Å². The highest BCUT2D eigenvalue weighted by molar-refractivity contribution is 7.98. The Bertz CT molecular complexity index is 1010. The zero-order valence-corrected chi connectivity index (χ0v) is 22.5. The molecule has 0 heterocycles. The number of thioether (sulfide) groups is 1. The van der Waals surface area contributed by atoms with Gasteiger partial charge in [0.1, 0.15) is 18.1 Å². The highest BCUT2D eigenvalue weighted by Gasteiger charge is 2.30. The van der Waals surface area contributed by atoms with E-state index >= 15 is 0 Å². The first-order valence-corrected chi connectivity index (χ1v) is 13.5. The van der Waals surface area contributed by atoms with Crippen LogP contribution in [-0.4, -0.2) is 88.6 Å². The number of carboxylic acid groups (broad SMARTS) is 2. The van der Waals surface area contributed by atoms with Crippen molar-refractivity contribution in [1.82, 2.24) is 16.0 Å². The van der Waals surface area contributed by atoms with Crippen LogP contribution < -0.4 is 33.2 Å². The second-order valence-corrected chi connectivity index (χ2v) is 9.63. The molecule has 0 aliphatic rings. The van der Waals surface area contributed by atoms with Crippen molar-refractivity contribution in [3.63, 3.8) is 0 Å². The maximum absolute atomic E-state index is 13.3. The average Bonchev–Trinajstić information content (AvgIpc) is 2.87. The summed E-state index contributed by atoms with van der Waals surface area (Å²) in [5.74, 6) is -4.49. The maximum atomic E-state index is 13.3. The molecule has 0 aromatic heterocycles. The van der Waals surface area contributed by atoms with Crippen LogP contribution in [0.1, 0.15) is 31.2 Å². The lowest BCUT2D eigenvalue weighted by molar-refractivity contribution is -0.142. The topological polar surface area (TPSA) is 252 Å². The van der Waals surface area contributed by atoms with Gasteiger partial charge in [-0.3, -0.25) is 24.2 Å². The second-order valence-electron chi connectivity index (χ2n) is 8.65. The molecule has 0 aliphatic carbocycles. The van der Waals surface area contributed by atoms with Gasteiger partial charge >= 0.3 is 11.9 Å². The molecule has 216 valence electrons. The molecule has 1 aromatic carbocycles. The van der Waals surface area contributed by atoms with E-state index in [2.05, 4.69) is 20.9 Å². The van der Waals surface area contributed by atoms with E-state index in [-0.39, 0.29) is 38.2 Å². The molecule has 11 N–H and O–H groups in total. The van der Waals surface area contributed by atoms with E-state index in [4.69, 9.17) is 22.3 Å². The average molecular weight is 568 g/mol. The lowest BCUT2D eigenvalue weighted by Gasteiger charge is -2.25. The van der Waals surface area contributed by atoms with E-state index in [0.29, 0.717) is 11.3 Å². The van der Waals surface area contributed by atoms with Crippen molar-refractivity contribution in [2.45, 2.75) is 56.3 Å². The molecule has 0 radical (unpaired) electrons. The summed E-state index contributed by atoms with van der Waals surface area (Å²) in [6.07, 6.45) is 1.68. The SMILES string of the molecule is CSCCC(NC(=O)C(Cc1ccccc1)NC(=O)C(CCCN=C(N)N)NC(=O)C(N)CC(=O)O)C(=O)O. The van der Waals surface area contributed by atoms with E-state index in [9.17, 15) is 29.1 Å². The predicted molar refractivity (Wildman–Crippen MR) is 147 cm³/mol. The van der Waals surface area contributed by atoms with Crippen LogP contribution in [0.2, 0.25) is 0 Å². The number of amides is 3. The highest BCUT2D eigenvalue weighted by atomic mass is 32.2. The third kappa shape index (κ3) is 13.5. The van der Waals surface area contributed by atoms with Crippen molar-refractivity contribution >= 4 is 47.4 Å². The van der Waals surface area contributed by atoms with Gasteiger partial charge in [-0.15, -0.1) is 0 Å². The van der Waals surface area contributed by atoms with Crippen molar-refractivity contribution < 1.29 is 34.2 Å². The number of nitrogens with two attached hydrogens (primary N) is 3. The van der Waals surface area contributed by atoms with Crippen LogP contribution in [0.3, 0.4) is 0 Å². The monoisotopic (exact) mass is 567 g/mol. The Kier molecular flexibility index (Phi) is 15.0. The van der Waals surface area contributed by atoms with Crippen molar-refractivity contribution in [2.75, 3.05) is 18.6 Å². The number of benzene rings is 1. The summed E-state index contributed by atoms with van der Waals surface area (Å²) in [7, 11) is 0. The Morgan fingerprint density at radius 1 is 0.897 bits per heavy atom. The molecule has 4 atom stereocenters. The van der Waals surface area contributed by atoms with E-state index in [1.54, 1.807) is 30.3 Å². The zero-order chi connectivity index (χ0) is 29.4. The van der Waals surface area contributed by atoms with Gasteiger partial charge in [-0.05, 0) is 36.8 Å². The van der Waals surface area contributed by atoms with E-state index < -0.39 is 60.2 Å². The van der Waals surface area contributed by atoms with E-state index in [1.165, 1.54) is 11.8 Å². The molecule has 0 saturated heterocycles. The Morgan fingerprint density at radius 3 is 2.05 bits per heavy atom. The summed E-state index contributed by atoms with van der Waals surface area (Å²) in [6, 6.07) is 3.81. The molecule has 3 amide bonds. The Hall–Kier alpha value is -3.85. The number of nitrogens with zero attached hydrogens (tertiary/aromatic N) is 1. The molecule has 0 spiro atoms. The number of rotatable bonds is 18. The Morgan fingerprint density at radius 2 is 1.49 bits per heavy atom. The molecule has 4 unspecified atom stereocenters. The third-order valence-electron chi connectivity index (χ3n) is 5.45. The summed E-state index contributed by atoms with van der Waals surface area (Å²) in [5, 5.41) is 25.9. The quantitative estimate of drug-likeness (QED) is 0.0568. The predicted octanol–water partition coefficient (Wildman–Crippen LogP) is -1.62. The maximum Gasteiger partial charge on any atom is 0.326 e. The molecule has 1 rings (SSSR count). The first-order chi connectivity index (χ1) is 18.4. The fraction of sp³-hybridized carbons (Fsp3) is 0.500. The Labute approximate surface area is 230 Å². The molecule has 0 bridgehead atoms. The first kappa shape index (κ1) is 33.2. The minimum Gasteiger partial charge on any atom is -0.481 e. The van der Waals surface area contributed by atoms with Gasteiger partial charge < -0.3 is 43.4 Å². The number of nitrogens with one attached hydrogen (secondary N) is 3. The number of carbonyl (C=O) groups is 5. The minimum absolute atomic E-state index is 0.0410. The minimum atomic E-state index is -1.41. The van der Waals surface area contributed by atoms with Gasteiger partial charge in [-0.1, -0.05) is 30.3 Å². The fourth-order valence-electron chi connectivity index (χ4n) is 3.43. The van der Waals surface area contributed by atoms with Crippen molar-refractivity contribution in [3.8, 4) is 0 Å². The number of carbonyl (C=O) groups excluding carboxylic acids is 3. The molecule has 0 fully saturated rings. The van der Waals surface area contributed by atoms with Gasteiger partial charge in [0.2, 0.25) is 17.7 Å². The van der Waals surface area contributed by atoms with Gasteiger partial charge in [-0.2, -0.15) is 11.8 Å². The van der Waals surface area contributed by atoms with Gasteiger partial charge in [0.05, 0.1) is 12.5 Å². The van der Waals surface area contributed by atoms with Gasteiger partial charge in [0, 0.05) is 13.0 Å². The third-order valence-corrected chi connectivity index (χ3v) is 6.09. The van der Waals surface area contributed by atoms with E-state index in [1.807, 2.05) is 6.26 Å². The highest BCUT2D eigenvalue weighted by Crippen LogP contribution is 2.08. The van der Waals surface area contributed by atoms with Gasteiger partial charge in [0.25, 0.3) is 0 Å². The van der Waals surface area contributed by atoms with Crippen molar-refractivity contribution in [3.05, 3.63) is 35.9 Å². The summed E-state index contributed by atoms with van der Waals surface area (Å²) in [6.45, 7) is 0.146. The number of aliphatic imine (C=N–C) groups is 1. The molecule has 1 aromatic rings. The number of aliphatic carboxylic acids is 2. The van der Waals surface area contributed by atoms with Crippen LogP contribution in [0.5, 0.6) is 0 Å². The zero-order valence-electron chi connectivity index (χ0n) is 21.7. The lowest BCUT2D eigenvalue weighted by atomic mass is 10.0. The summed E-state index contributed by atoms with van der Waals surface area (Å²) < 4.78 is 0. The number of guanidine groups is 1. The molecule has 39 heavy (non-hydrogen) atoms. The van der Waals surface area contributed by atoms with Crippen LogP contribution >= 0.6 is 11.8 Å². The fourth-order valence-corrected chi connectivity index (χ4v) is 3.90. The van der Waals surface area contributed by atoms with Crippen LogP contribution in [0.25, 0.3) is 0 Å². The summed E-state index contributed by atoms with van der Waals surface area (Å²) >= 11 is 1.43. The van der Waals surface area contributed by atoms with E-state index in [0.717, 1.165) is 0 Å². The second kappa shape index (κ2) is 17.6. The van der Waals surface area contributed by atoms with Gasteiger partial charge in [0.15, 0.2) is 5.96 Å². The molecular formula is C24H37N7O7S. The molecule has 0 aliphatic heterocycles. The molecular weight excluding hydrogens is 530 g/mol. The van der Waals surface area contributed by atoms with Crippen LogP contribution in [0.4, 0.5) is 0 Å². The van der Waals surface area contributed by atoms with Crippen LogP contribution in [0.15, 0.2) is 35.3 Å². The molecule has 15 heteroatoms. The van der Waals surface area contributed by atoms with Crippen molar-refractivity contribution in [2.24, 2.45) is 22.2 Å². The smallest absolute Gasteiger partial charge is 0.326 e. The number of hydrogen-bond donors (Lipinski definition) is 8.